The zero-order valence-electron chi connectivity index (χ0n) is 19.3. The van der Waals surface area contributed by atoms with Crippen molar-refractivity contribution in [2.24, 2.45) is 0 Å². The first-order valence-electron chi connectivity index (χ1n) is 11.1. The van der Waals surface area contributed by atoms with Crippen molar-refractivity contribution < 1.29 is 19.1 Å². The van der Waals surface area contributed by atoms with E-state index in [1.807, 2.05) is 61.5 Å². The van der Waals surface area contributed by atoms with Crippen LogP contribution in [0.5, 0.6) is 17.2 Å². The van der Waals surface area contributed by atoms with Gasteiger partial charge in [0.2, 0.25) is 5.91 Å². The van der Waals surface area contributed by atoms with Crippen molar-refractivity contribution in [1.29, 1.82) is 0 Å². The van der Waals surface area contributed by atoms with Crippen LogP contribution >= 0.6 is 24.0 Å². The van der Waals surface area contributed by atoms with Crippen molar-refractivity contribution in [1.82, 2.24) is 4.90 Å². The van der Waals surface area contributed by atoms with Crippen molar-refractivity contribution in [3.63, 3.8) is 0 Å². The van der Waals surface area contributed by atoms with Gasteiger partial charge in [0.1, 0.15) is 27.6 Å². The number of hydrogen-bond donors (Lipinski definition) is 1. The number of thioether (sulfide) groups is 1. The summed E-state index contributed by atoms with van der Waals surface area (Å²) >= 11 is 6.61. The lowest BCUT2D eigenvalue weighted by Crippen LogP contribution is -2.44. The molecule has 6 nitrogen and oxygen atoms in total. The largest absolute Gasteiger partial charge is 0.494 e. The Bertz CT molecular complexity index is 1260. The van der Waals surface area contributed by atoms with Crippen LogP contribution in [0.3, 0.4) is 0 Å². The van der Waals surface area contributed by atoms with Crippen LogP contribution in [0.15, 0.2) is 83.8 Å². The summed E-state index contributed by atoms with van der Waals surface area (Å²) < 4.78 is 11.6. The maximum absolute atomic E-state index is 13.1. The fourth-order valence-electron chi connectivity index (χ4n) is 3.42. The molecule has 178 valence electrons. The van der Waals surface area contributed by atoms with Gasteiger partial charge in [0, 0.05) is 5.69 Å². The first kappa shape index (κ1) is 24.5. The van der Waals surface area contributed by atoms with Gasteiger partial charge in [-0.25, -0.2) is 0 Å². The Morgan fingerprint density at radius 3 is 2.46 bits per heavy atom. The van der Waals surface area contributed by atoms with Crippen molar-refractivity contribution >= 4 is 51.9 Å². The fraction of sp³-hybridized carbons (Fsp3) is 0.148. The number of carbonyl (C=O) groups is 2. The molecule has 3 aromatic rings. The predicted molar refractivity (Wildman–Crippen MR) is 144 cm³/mol. The van der Waals surface area contributed by atoms with E-state index in [0.29, 0.717) is 27.3 Å². The first-order valence-corrected chi connectivity index (χ1v) is 12.3. The molecule has 0 aliphatic carbocycles. The van der Waals surface area contributed by atoms with Crippen LogP contribution in [0, 0.1) is 0 Å². The van der Waals surface area contributed by atoms with E-state index >= 15 is 0 Å². The molecule has 8 heteroatoms. The van der Waals surface area contributed by atoms with Gasteiger partial charge in [0.15, 0.2) is 0 Å². The van der Waals surface area contributed by atoms with Crippen LogP contribution in [0.2, 0.25) is 0 Å². The number of anilines is 1. The van der Waals surface area contributed by atoms with Gasteiger partial charge in [-0.2, -0.15) is 0 Å². The van der Waals surface area contributed by atoms with Gasteiger partial charge in [-0.3, -0.25) is 14.5 Å². The quantitative estimate of drug-likeness (QED) is 0.295. The molecule has 1 aliphatic heterocycles. The van der Waals surface area contributed by atoms with E-state index in [4.69, 9.17) is 21.7 Å². The van der Waals surface area contributed by atoms with E-state index in [2.05, 4.69) is 5.32 Å². The summed E-state index contributed by atoms with van der Waals surface area (Å²) in [6.45, 7) is 4.13. The van der Waals surface area contributed by atoms with E-state index in [-0.39, 0.29) is 11.8 Å². The van der Waals surface area contributed by atoms with E-state index in [1.165, 1.54) is 16.7 Å². The maximum Gasteiger partial charge on any atom is 0.266 e. The van der Waals surface area contributed by atoms with Gasteiger partial charge in [-0.05, 0) is 74.0 Å². The number of para-hydroxylation sites is 1. The predicted octanol–water partition coefficient (Wildman–Crippen LogP) is 6.11. The molecule has 35 heavy (non-hydrogen) atoms. The molecule has 1 N–H and O–H groups in total. The minimum absolute atomic E-state index is 0.302. The Balaban J connectivity index is 1.44. The third kappa shape index (κ3) is 6.09. The second-order valence-corrected chi connectivity index (χ2v) is 9.34. The minimum atomic E-state index is -0.771. The van der Waals surface area contributed by atoms with Gasteiger partial charge in [0.05, 0.1) is 11.5 Å². The van der Waals surface area contributed by atoms with Crippen LogP contribution < -0.4 is 14.8 Å². The molecule has 0 bridgehead atoms. The smallest absolute Gasteiger partial charge is 0.266 e. The number of thiocarbonyl (C=S) groups is 1. The summed E-state index contributed by atoms with van der Waals surface area (Å²) in [6, 6.07) is 23.2. The Kier molecular flexibility index (Phi) is 7.84. The number of benzene rings is 3. The van der Waals surface area contributed by atoms with Crippen molar-refractivity contribution in [2.45, 2.75) is 19.9 Å². The van der Waals surface area contributed by atoms with Crippen molar-refractivity contribution in [2.75, 3.05) is 11.9 Å². The number of nitrogens with one attached hydrogen (secondary N) is 1. The van der Waals surface area contributed by atoms with Crippen LogP contribution in [-0.4, -0.2) is 33.7 Å². The average molecular weight is 505 g/mol. The normalized spacial score (nSPS) is 15.3. The van der Waals surface area contributed by atoms with E-state index in [9.17, 15) is 9.59 Å². The number of amides is 2. The monoisotopic (exact) mass is 504 g/mol. The molecule has 1 aliphatic rings. The summed E-state index contributed by atoms with van der Waals surface area (Å²) in [5, 5.41) is 2.83. The molecule has 1 heterocycles. The maximum atomic E-state index is 13.1. The molecule has 0 spiro atoms. The molecule has 4 rings (SSSR count). The zero-order chi connectivity index (χ0) is 24.8. The van der Waals surface area contributed by atoms with Crippen molar-refractivity contribution in [3.8, 4) is 17.2 Å². The molecule has 2 amide bonds. The molecule has 1 fully saturated rings. The molecule has 3 aromatic carbocycles. The van der Waals surface area contributed by atoms with Gasteiger partial charge in [-0.15, -0.1) is 0 Å². The summed E-state index contributed by atoms with van der Waals surface area (Å²) in [5.41, 5.74) is 1.41. The number of nitrogens with zero attached hydrogens (tertiary/aromatic N) is 1. The highest BCUT2D eigenvalue weighted by atomic mass is 32.2. The molecule has 1 saturated heterocycles. The third-order valence-corrected chi connectivity index (χ3v) is 6.49. The summed E-state index contributed by atoms with van der Waals surface area (Å²) in [5.74, 6) is 1.47. The minimum Gasteiger partial charge on any atom is -0.494 e. The van der Waals surface area contributed by atoms with E-state index in [1.54, 1.807) is 37.3 Å². The topological polar surface area (TPSA) is 67.9 Å². The SMILES string of the molecule is CCOc1ccc(NC(=O)C(C)N2C(=O)/C(=C/c3cccc(Oc4ccccc4)c3)SC2=S)cc1. The lowest BCUT2D eigenvalue weighted by molar-refractivity contribution is -0.129. The molecular weight excluding hydrogens is 480 g/mol. The molecule has 0 radical (unpaired) electrons. The van der Waals surface area contributed by atoms with Gasteiger partial charge in [0.25, 0.3) is 5.91 Å². The van der Waals surface area contributed by atoms with Crippen LogP contribution in [0.25, 0.3) is 6.08 Å². The zero-order valence-corrected chi connectivity index (χ0v) is 20.9. The highest BCUT2D eigenvalue weighted by molar-refractivity contribution is 8.26. The number of ether oxygens (including phenoxy) is 2. The third-order valence-electron chi connectivity index (χ3n) is 5.16. The van der Waals surface area contributed by atoms with Gasteiger partial charge >= 0.3 is 0 Å². The average Bonchev–Trinajstić information content (AvgIpc) is 3.13. The Morgan fingerprint density at radius 1 is 1.03 bits per heavy atom. The molecule has 1 atom stereocenters. The first-order chi connectivity index (χ1) is 16.9. The molecule has 0 saturated carbocycles. The molecule has 0 aromatic heterocycles. The summed E-state index contributed by atoms with van der Waals surface area (Å²) in [7, 11) is 0. The number of hydrogen-bond acceptors (Lipinski definition) is 6. The lowest BCUT2D eigenvalue weighted by atomic mass is 10.2. The van der Waals surface area contributed by atoms with Crippen LogP contribution in [0.4, 0.5) is 5.69 Å². The van der Waals surface area contributed by atoms with E-state index < -0.39 is 6.04 Å². The van der Waals surface area contributed by atoms with Crippen LogP contribution in [-0.2, 0) is 9.59 Å². The second kappa shape index (κ2) is 11.2. The lowest BCUT2D eigenvalue weighted by Gasteiger charge is -2.22. The highest BCUT2D eigenvalue weighted by Crippen LogP contribution is 2.35. The van der Waals surface area contributed by atoms with E-state index in [0.717, 1.165) is 17.1 Å². The Morgan fingerprint density at radius 2 is 1.74 bits per heavy atom. The Labute approximate surface area is 213 Å². The summed E-state index contributed by atoms with van der Waals surface area (Å²) in [4.78, 5) is 27.8. The molecular formula is C27H24N2O4S2. The second-order valence-electron chi connectivity index (χ2n) is 7.66. The fourth-order valence-corrected chi connectivity index (χ4v) is 4.84. The number of rotatable bonds is 8. The Hall–Kier alpha value is -3.62. The summed E-state index contributed by atoms with van der Waals surface area (Å²) in [6.07, 6.45) is 1.76. The standard InChI is InChI=1S/C27H24N2O4S2/c1-3-32-21-14-12-20(13-15-21)28-25(30)18(2)29-26(31)24(35-27(29)34)17-19-8-7-11-23(16-19)33-22-9-5-4-6-10-22/h4-18H,3H2,1-2H3,(H,28,30)/b24-17-. The van der Waals surface area contributed by atoms with Crippen molar-refractivity contribution in [3.05, 3.63) is 89.3 Å². The van der Waals surface area contributed by atoms with Crippen LogP contribution in [0.1, 0.15) is 19.4 Å². The van der Waals surface area contributed by atoms with Gasteiger partial charge in [-0.1, -0.05) is 54.3 Å². The highest BCUT2D eigenvalue weighted by Gasteiger charge is 2.38. The molecule has 1 unspecified atom stereocenters. The number of carbonyl (C=O) groups excluding carboxylic acids is 2. The van der Waals surface area contributed by atoms with Gasteiger partial charge < -0.3 is 14.8 Å².